The molecule has 2 rings (SSSR count). The summed E-state index contributed by atoms with van der Waals surface area (Å²) >= 11 is 5.73. The summed E-state index contributed by atoms with van der Waals surface area (Å²) in [5, 5.41) is 0.382. The molecule has 0 N–H and O–H groups in total. The number of carbonyl (C=O) groups excluding carboxylic acids is 1. The van der Waals surface area contributed by atoms with Gasteiger partial charge < -0.3 is 4.74 Å². The first-order valence-electron chi connectivity index (χ1n) is 7.30. The summed E-state index contributed by atoms with van der Waals surface area (Å²) in [5.74, 6) is 1.31. The van der Waals surface area contributed by atoms with Crippen molar-refractivity contribution in [3.63, 3.8) is 0 Å². The summed E-state index contributed by atoms with van der Waals surface area (Å²) in [6.07, 6.45) is 4.80. The van der Waals surface area contributed by atoms with E-state index in [1.807, 2.05) is 0 Å². The van der Waals surface area contributed by atoms with E-state index in [0.717, 1.165) is 12.8 Å². The van der Waals surface area contributed by atoms with Gasteiger partial charge >= 0.3 is 5.97 Å². The van der Waals surface area contributed by atoms with Crippen molar-refractivity contribution in [3.8, 4) is 0 Å². The van der Waals surface area contributed by atoms with E-state index in [1.54, 1.807) is 12.1 Å². The lowest BCUT2D eigenvalue weighted by molar-refractivity contribution is -0.0174. The highest BCUT2D eigenvalue weighted by Gasteiger charge is 2.33. The minimum absolute atomic E-state index is 0.0157. The molecule has 1 aromatic rings. The van der Waals surface area contributed by atoms with Crippen molar-refractivity contribution >= 4 is 17.6 Å². The van der Waals surface area contributed by atoms with E-state index in [2.05, 4.69) is 25.8 Å². The van der Waals surface area contributed by atoms with Crippen LogP contribution in [0.1, 0.15) is 50.4 Å². The third-order valence-electron chi connectivity index (χ3n) is 4.18. The molecule has 3 atom stereocenters. The molecule has 1 fully saturated rings. The molecule has 1 aliphatic carbocycles. The Kier molecular flexibility index (Phi) is 5.03. The van der Waals surface area contributed by atoms with Crippen LogP contribution in [-0.2, 0) is 4.74 Å². The molecule has 0 aliphatic heterocycles. The maximum Gasteiger partial charge on any atom is 0.339 e. The predicted molar refractivity (Wildman–Crippen MR) is 79.8 cm³/mol. The first kappa shape index (κ1) is 15.3. The Morgan fingerprint density at radius 1 is 1.40 bits per heavy atom. The zero-order valence-corrected chi connectivity index (χ0v) is 13.1. The highest BCUT2D eigenvalue weighted by atomic mass is 35.5. The summed E-state index contributed by atoms with van der Waals surface area (Å²) in [4.78, 5) is 16.1. The average molecular weight is 296 g/mol. The van der Waals surface area contributed by atoms with Gasteiger partial charge in [-0.2, -0.15) is 0 Å². The van der Waals surface area contributed by atoms with Gasteiger partial charge in [0.25, 0.3) is 0 Å². The van der Waals surface area contributed by atoms with Gasteiger partial charge in [0.05, 0.1) is 5.56 Å². The fraction of sp³-hybridized carbons (Fsp3) is 0.625. The molecule has 0 aromatic carbocycles. The molecular formula is C16H22ClNO2. The summed E-state index contributed by atoms with van der Waals surface area (Å²) < 4.78 is 5.74. The van der Waals surface area contributed by atoms with E-state index in [1.165, 1.54) is 12.6 Å². The van der Waals surface area contributed by atoms with Gasteiger partial charge in [-0.25, -0.2) is 9.78 Å². The highest BCUT2D eigenvalue weighted by molar-refractivity contribution is 6.29. The topological polar surface area (TPSA) is 39.2 Å². The quantitative estimate of drug-likeness (QED) is 0.614. The number of pyridine rings is 1. The lowest BCUT2D eigenvalue weighted by Gasteiger charge is -2.36. The maximum atomic E-state index is 12.2. The van der Waals surface area contributed by atoms with Gasteiger partial charge in [0.15, 0.2) is 0 Å². The lowest BCUT2D eigenvalue weighted by Crippen LogP contribution is -2.35. The molecule has 0 saturated heterocycles. The van der Waals surface area contributed by atoms with Crippen LogP contribution in [0, 0.1) is 17.8 Å². The van der Waals surface area contributed by atoms with Crippen molar-refractivity contribution in [1.29, 1.82) is 0 Å². The van der Waals surface area contributed by atoms with Gasteiger partial charge in [-0.3, -0.25) is 0 Å². The van der Waals surface area contributed by atoms with Crippen LogP contribution in [-0.4, -0.2) is 17.1 Å². The van der Waals surface area contributed by atoms with Crippen LogP contribution in [0.25, 0.3) is 0 Å². The van der Waals surface area contributed by atoms with E-state index in [9.17, 15) is 4.79 Å². The van der Waals surface area contributed by atoms with Crippen LogP contribution >= 0.6 is 11.6 Å². The van der Waals surface area contributed by atoms with Crippen LogP contribution in [0.3, 0.4) is 0 Å². The van der Waals surface area contributed by atoms with Crippen LogP contribution in [0.15, 0.2) is 18.3 Å². The van der Waals surface area contributed by atoms with Crippen LogP contribution < -0.4 is 0 Å². The third-order valence-corrected chi connectivity index (χ3v) is 4.41. The van der Waals surface area contributed by atoms with Gasteiger partial charge in [0.2, 0.25) is 0 Å². The van der Waals surface area contributed by atoms with Crippen LogP contribution in [0.5, 0.6) is 0 Å². The van der Waals surface area contributed by atoms with Gasteiger partial charge in [-0.1, -0.05) is 38.8 Å². The van der Waals surface area contributed by atoms with Crippen LogP contribution in [0.2, 0.25) is 5.15 Å². The number of rotatable bonds is 3. The number of ether oxygens (including phenoxy) is 1. The number of hydrogen-bond donors (Lipinski definition) is 0. The molecule has 3 unspecified atom stereocenters. The molecule has 0 spiro atoms. The molecule has 110 valence electrons. The van der Waals surface area contributed by atoms with E-state index < -0.39 is 0 Å². The fourth-order valence-corrected chi connectivity index (χ4v) is 3.06. The predicted octanol–water partition coefficient (Wildman–Crippen LogP) is 4.35. The molecule has 1 saturated carbocycles. The largest absolute Gasteiger partial charge is 0.458 e. The number of aromatic nitrogens is 1. The second-order valence-corrected chi connectivity index (χ2v) is 6.53. The molecule has 1 aliphatic rings. The Morgan fingerprint density at radius 3 is 2.75 bits per heavy atom. The summed E-state index contributed by atoms with van der Waals surface area (Å²) in [6.45, 7) is 6.62. The monoisotopic (exact) mass is 295 g/mol. The van der Waals surface area contributed by atoms with Crippen molar-refractivity contribution in [2.75, 3.05) is 0 Å². The van der Waals surface area contributed by atoms with Crippen molar-refractivity contribution in [2.45, 2.75) is 46.1 Å². The zero-order chi connectivity index (χ0) is 14.7. The smallest absolute Gasteiger partial charge is 0.339 e. The second kappa shape index (κ2) is 6.57. The van der Waals surface area contributed by atoms with E-state index in [0.29, 0.717) is 28.5 Å². The van der Waals surface area contributed by atoms with Crippen molar-refractivity contribution in [1.82, 2.24) is 4.98 Å². The SMILES string of the molecule is CC1CCC(C(C)C)C(OC(=O)c2ccc(Cl)nc2)C1. The summed E-state index contributed by atoms with van der Waals surface area (Å²) in [6, 6.07) is 3.27. The number of halogens is 1. The third kappa shape index (κ3) is 3.72. The molecular weight excluding hydrogens is 274 g/mol. The number of esters is 1. The summed E-state index contributed by atoms with van der Waals surface area (Å²) in [7, 11) is 0. The standard InChI is InChI=1S/C16H22ClNO2/c1-10(2)13-6-4-11(3)8-14(13)20-16(19)12-5-7-15(17)18-9-12/h5,7,9-11,13-14H,4,6,8H2,1-3H3. The fourth-order valence-electron chi connectivity index (χ4n) is 2.95. The van der Waals surface area contributed by atoms with E-state index in [4.69, 9.17) is 16.3 Å². The lowest BCUT2D eigenvalue weighted by atomic mass is 9.75. The Morgan fingerprint density at radius 2 is 2.15 bits per heavy atom. The number of hydrogen-bond acceptors (Lipinski definition) is 3. The number of nitrogens with zero attached hydrogens (tertiary/aromatic N) is 1. The van der Waals surface area contributed by atoms with Crippen molar-refractivity contribution in [3.05, 3.63) is 29.0 Å². The van der Waals surface area contributed by atoms with Gasteiger partial charge in [-0.05, 0) is 42.7 Å². The molecule has 0 radical (unpaired) electrons. The Balaban J connectivity index is 2.05. The minimum atomic E-state index is -0.293. The van der Waals surface area contributed by atoms with E-state index >= 15 is 0 Å². The van der Waals surface area contributed by atoms with Gasteiger partial charge in [0.1, 0.15) is 11.3 Å². The molecule has 0 bridgehead atoms. The van der Waals surface area contributed by atoms with Crippen molar-refractivity contribution in [2.24, 2.45) is 17.8 Å². The first-order valence-corrected chi connectivity index (χ1v) is 7.67. The Bertz CT molecular complexity index is 458. The second-order valence-electron chi connectivity index (χ2n) is 6.14. The highest BCUT2D eigenvalue weighted by Crippen LogP contribution is 2.35. The van der Waals surface area contributed by atoms with E-state index in [-0.39, 0.29) is 12.1 Å². The zero-order valence-electron chi connectivity index (χ0n) is 12.3. The minimum Gasteiger partial charge on any atom is -0.458 e. The normalized spacial score (nSPS) is 26.6. The van der Waals surface area contributed by atoms with Crippen LogP contribution in [0.4, 0.5) is 0 Å². The molecule has 1 heterocycles. The molecule has 4 heteroatoms. The Labute approximate surface area is 125 Å². The molecule has 20 heavy (non-hydrogen) atoms. The maximum absolute atomic E-state index is 12.2. The van der Waals surface area contributed by atoms with Gasteiger partial charge in [-0.15, -0.1) is 0 Å². The average Bonchev–Trinajstić information content (AvgIpc) is 2.39. The van der Waals surface area contributed by atoms with Gasteiger partial charge in [0, 0.05) is 6.20 Å². The summed E-state index contributed by atoms with van der Waals surface area (Å²) in [5.41, 5.74) is 0.468. The molecule has 3 nitrogen and oxygen atoms in total. The number of carbonyl (C=O) groups is 1. The molecule has 0 amide bonds. The Hall–Kier alpha value is -1.09. The van der Waals surface area contributed by atoms with Crippen molar-refractivity contribution < 1.29 is 9.53 Å². The first-order chi connectivity index (χ1) is 9.47. The molecule has 1 aromatic heterocycles.